The molecule has 1 aliphatic carbocycles. The number of hydrogen-bond donors (Lipinski definition) is 0. The number of likely N-dealkylation sites (tertiary alicyclic amines) is 1. The average Bonchev–Trinajstić information content (AvgIpc) is 2.83. The molecule has 2 bridgehead atoms. The molecule has 1 aliphatic heterocycles. The van der Waals surface area contributed by atoms with E-state index < -0.39 is 42.4 Å². The summed E-state index contributed by atoms with van der Waals surface area (Å²) in [4.78, 5) is 11.1. The summed E-state index contributed by atoms with van der Waals surface area (Å²) in [7, 11) is 0.746. The van der Waals surface area contributed by atoms with Gasteiger partial charge in [-0.3, -0.25) is 4.90 Å². The van der Waals surface area contributed by atoms with Gasteiger partial charge in [0.1, 0.15) is 0 Å². The van der Waals surface area contributed by atoms with Crippen LogP contribution < -0.4 is 0 Å². The monoisotopic (exact) mass is 289 g/mol. The Hall–Kier alpha value is -1.41. The fourth-order valence-electron chi connectivity index (χ4n) is 2.85. The number of amides is 1. The van der Waals surface area contributed by atoms with Crippen molar-refractivity contribution in [3.05, 3.63) is 12.2 Å². The van der Waals surface area contributed by atoms with Gasteiger partial charge in [-0.25, -0.2) is 4.79 Å². The van der Waals surface area contributed by atoms with Crippen LogP contribution in [0.1, 0.15) is 6.42 Å². The molecule has 0 aromatic carbocycles. The second-order valence-corrected chi connectivity index (χ2v) is 4.40. The number of halogens is 6. The van der Waals surface area contributed by atoms with Crippen molar-refractivity contribution in [3.8, 4) is 0 Å². The Morgan fingerprint density at radius 3 is 2.16 bits per heavy atom. The van der Waals surface area contributed by atoms with Crippen LogP contribution in [-0.2, 0) is 4.74 Å². The highest BCUT2D eigenvalue weighted by molar-refractivity contribution is 5.71. The third kappa shape index (κ3) is 1.56. The van der Waals surface area contributed by atoms with Crippen LogP contribution in [0.25, 0.3) is 0 Å². The molecular weight excluding hydrogens is 280 g/mol. The van der Waals surface area contributed by atoms with Gasteiger partial charge in [-0.15, -0.1) is 0 Å². The summed E-state index contributed by atoms with van der Waals surface area (Å²) in [5, 5.41) is 0. The van der Waals surface area contributed by atoms with Crippen LogP contribution in [0.4, 0.5) is 31.1 Å². The minimum atomic E-state index is -5.64. The molecule has 0 aromatic heterocycles. The molecule has 3 nitrogen and oxygen atoms in total. The topological polar surface area (TPSA) is 29.5 Å². The standard InChI is InChI=1S/C10H9F6NO2/c1-19-7(18)17-6-3-2-5(4-6)8(17,9(11,12)13)10(14,15)16/h2-3,5-6H,4H2,1H3/t5-,6-/m0/s1. The zero-order valence-electron chi connectivity index (χ0n) is 9.55. The zero-order valence-corrected chi connectivity index (χ0v) is 9.55. The summed E-state index contributed by atoms with van der Waals surface area (Å²) < 4.78 is 82.8. The summed E-state index contributed by atoms with van der Waals surface area (Å²) in [5.74, 6) is -1.84. The molecule has 2 aliphatic rings. The van der Waals surface area contributed by atoms with Gasteiger partial charge < -0.3 is 4.74 Å². The first-order valence-electron chi connectivity index (χ1n) is 5.26. The van der Waals surface area contributed by atoms with E-state index in [2.05, 4.69) is 4.74 Å². The number of fused-ring (bicyclic) bond motifs is 2. The van der Waals surface area contributed by atoms with Crippen molar-refractivity contribution in [2.75, 3.05) is 7.11 Å². The predicted octanol–water partition coefficient (Wildman–Crippen LogP) is 2.88. The van der Waals surface area contributed by atoms with Gasteiger partial charge in [0.2, 0.25) is 5.54 Å². The van der Waals surface area contributed by atoms with Crippen LogP contribution in [0.5, 0.6) is 0 Å². The molecule has 2 atom stereocenters. The summed E-state index contributed by atoms with van der Waals surface area (Å²) in [6, 6.07) is -1.25. The number of carbonyl (C=O) groups is 1. The largest absolute Gasteiger partial charge is 0.453 e. The van der Waals surface area contributed by atoms with Crippen molar-refractivity contribution < 1.29 is 35.9 Å². The number of rotatable bonds is 0. The smallest absolute Gasteiger partial charge is 0.421 e. The van der Waals surface area contributed by atoms with Crippen molar-refractivity contribution in [2.45, 2.75) is 30.4 Å². The van der Waals surface area contributed by atoms with Crippen LogP contribution in [0.15, 0.2) is 12.2 Å². The van der Waals surface area contributed by atoms with E-state index in [9.17, 15) is 31.1 Å². The van der Waals surface area contributed by atoms with Gasteiger partial charge in [-0.05, 0) is 6.42 Å². The van der Waals surface area contributed by atoms with Gasteiger partial charge in [0.25, 0.3) is 0 Å². The second-order valence-electron chi connectivity index (χ2n) is 4.40. The molecule has 108 valence electrons. The van der Waals surface area contributed by atoms with Crippen molar-refractivity contribution in [3.63, 3.8) is 0 Å². The van der Waals surface area contributed by atoms with E-state index in [4.69, 9.17) is 0 Å². The lowest BCUT2D eigenvalue weighted by atomic mass is 9.83. The molecule has 1 amide bonds. The molecule has 1 saturated heterocycles. The Morgan fingerprint density at radius 2 is 1.74 bits per heavy atom. The summed E-state index contributed by atoms with van der Waals surface area (Å²) in [6.45, 7) is 0. The number of ether oxygens (including phenoxy) is 1. The highest BCUT2D eigenvalue weighted by Crippen LogP contribution is 2.60. The second kappa shape index (κ2) is 3.80. The van der Waals surface area contributed by atoms with Gasteiger partial charge in [0.05, 0.1) is 13.2 Å². The van der Waals surface area contributed by atoms with Gasteiger partial charge in [-0.1, -0.05) is 12.2 Å². The summed E-state index contributed by atoms with van der Waals surface area (Å²) >= 11 is 0. The van der Waals surface area contributed by atoms with E-state index in [0.29, 0.717) is 0 Å². The molecule has 0 spiro atoms. The lowest BCUT2D eigenvalue weighted by molar-refractivity contribution is -0.337. The Balaban J connectivity index is 2.64. The van der Waals surface area contributed by atoms with E-state index in [0.717, 1.165) is 19.3 Å². The molecule has 1 heterocycles. The molecule has 0 radical (unpaired) electrons. The van der Waals surface area contributed by atoms with Crippen LogP contribution in [0, 0.1) is 5.92 Å². The van der Waals surface area contributed by atoms with Gasteiger partial charge in [-0.2, -0.15) is 26.3 Å². The number of nitrogens with zero attached hydrogens (tertiary/aromatic N) is 1. The van der Waals surface area contributed by atoms with Crippen molar-refractivity contribution in [1.29, 1.82) is 0 Å². The van der Waals surface area contributed by atoms with Crippen LogP contribution in [0.2, 0.25) is 0 Å². The van der Waals surface area contributed by atoms with E-state index >= 15 is 0 Å². The zero-order chi connectivity index (χ0) is 14.6. The number of carbonyl (C=O) groups excluding carboxylic acids is 1. The quantitative estimate of drug-likeness (QED) is 0.507. The van der Waals surface area contributed by atoms with Crippen LogP contribution in [-0.4, -0.2) is 42.0 Å². The summed E-state index contributed by atoms with van der Waals surface area (Å²) in [6.07, 6.45) is -11.3. The highest BCUT2D eigenvalue weighted by Gasteiger charge is 2.82. The molecule has 0 saturated carbocycles. The van der Waals surface area contributed by atoms with Gasteiger partial charge >= 0.3 is 18.4 Å². The molecule has 0 N–H and O–H groups in total. The normalized spacial score (nSPS) is 28.9. The van der Waals surface area contributed by atoms with Gasteiger partial charge in [0, 0.05) is 5.92 Å². The maximum atomic E-state index is 13.1. The predicted molar refractivity (Wildman–Crippen MR) is 50.1 cm³/mol. The Labute approximate surface area is 103 Å². The Morgan fingerprint density at radius 1 is 1.21 bits per heavy atom. The molecule has 19 heavy (non-hydrogen) atoms. The molecule has 9 heteroatoms. The van der Waals surface area contributed by atoms with E-state index in [1.807, 2.05) is 0 Å². The minimum absolute atomic E-state index is 0.238. The SMILES string of the molecule is COC(=O)N1[C@H]2C=C[C@@H](C2)C1(C(F)(F)F)C(F)(F)F. The lowest BCUT2D eigenvalue weighted by Crippen LogP contribution is -2.70. The number of alkyl halides is 6. The number of methoxy groups -OCH3 is 1. The maximum Gasteiger partial charge on any atom is 0.421 e. The first-order valence-corrected chi connectivity index (χ1v) is 5.26. The molecule has 2 rings (SSSR count). The fourth-order valence-corrected chi connectivity index (χ4v) is 2.85. The van der Waals surface area contributed by atoms with E-state index in [1.165, 1.54) is 0 Å². The summed E-state index contributed by atoms with van der Waals surface area (Å²) in [5.41, 5.74) is -4.20. The average molecular weight is 289 g/mol. The first kappa shape index (κ1) is 14.0. The first-order chi connectivity index (χ1) is 8.57. The molecule has 1 fully saturated rings. The van der Waals surface area contributed by atoms with Crippen molar-refractivity contribution in [2.24, 2.45) is 5.92 Å². The Bertz CT molecular complexity index is 413. The van der Waals surface area contributed by atoms with Crippen LogP contribution in [0.3, 0.4) is 0 Å². The molecule has 0 unspecified atom stereocenters. The minimum Gasteiger partial charge on any atom is -0.453 e. The third-order valence-corrected chi connectivity index (χ3v) is 3.54. The van der Waals surface area contributed by atoms with E-state index in [-0.39, 0.29) is 4.90 Å². The van der Waals surface area contributed by atoms with Crippen molar-refractivity contribution >= 4 is 6.09 Å². The van der Waals surface area contributed by atoms with Crippen molar-refractivity contribution in [1.82, 2.24) is 4.90 Å². The lowest BCUT2D eigenvalue weighted by Gasteiger charge is -2.45. The maximum absolute atomic E-state index is 13.1. The highest BCUT2D eigenvalue weighted by atomic mass is 19.4. The molecule has 0 aromatic rings. The number of hydrogen-bond acceptors (Lipinski definition) is 2. The third-order valence-electron chi connectivity index (χ3n) is 3.54. The van der Waals surface area contributed by atoms with E-state index in [1.54, 1.807) is 0 Å². The fraction of sp³-hybridized carbons (Fsp3) is 0.700. The Kier molecular flexibility index (Phi) is 2.80. The van der Waals surface area contributed by atoms with Crippen LogP contribution >= 0.6 is 0 Å². The molecular formula is C10H9F6NO2. The van der Waals surface area contributed by atoms with Gasteiger partial charge in [0.15, 0.2) is 0 Å².